The van der Waals surface area contributed by atoms with Crippen LogP contribution < -0.4 is 0 Å². The molecule has 1 aromatic rings. The second-order valence-electron chi connectivity index (χ2n) is 3.13. The molecule has 0 saturated carbocycles. The Balaban J connectivity index is 3.11. The molecule has 1 rings (SSSR count). The maximum atomic E-state index is 10.4. The van der Waals surface area contributed by atoms with Crippen LogP contribution in [0.1, 0.15) is 18.1 Å². The van der Waals surface area contributed by atoms with E-state index >= 15 is 0 Å². The summed E-state index contributed by atoms with van der Waals surface area (Å²) in [5.74, 6) is 0. The Morgan fingerprint density at radius 1 is 1.36 bits per heavy atom. The zero-order chi connectivity index (χ0) is 10.4. The summed E-state index contributed by atoms with van der Waals surface area (Å²) in [5.41, 5.74) is 3.23. The first-order chi connectivity index (χ1) is 6.77. The van der Waals surface area contributed by atoms with E-state index in [1.54, 1.807) is 6.08 Å². The lowest BCUT2D eigenvalue weighted by molar-refractivity contribution is -0.104. The van der Waals surface area contributed by atoms with E-state index in [9.17, 15) is 4.79 Å². The van der Waals surface area contributed by atoms with Gasteiger partial charge in [-0.15, -0.1) is 0 Å². The molecule has 0 radical (unpaired) electrons. The lowest BCUT2D eigenvalue weighted by atomic mass is 10.0. The molecule has 0 fully saturated rings. The van der Waals surface area contributed by atoms with Gasteiger partial charge in [0.25, 0.3) is 0 Å². The number of allylic oxidation sites excluding steroid dienone is 4. The Hall–Kier alpha value is -1.63. The molecule has 72 valence electrons. The first kappa shape index (κ1) is 10.5. The Labute approximate surface area is 84.8 Å². The van der Waals surface area contributed by atoms with E-state index in [1.165, 1.54) is 5.56 Å². The highest BCUT2D eigenvalue weighted by atomic mass is 16.1. The van der Waals surface area contributed by atoms with E-state index in [1.807, 2.05) is 44.2 Å². The van der Waals surface area contributed by atoms with Gasteiger partial charge in [0.2, 0.25) is 0 Å². The summed E-state index contributed by atoms with van der Waals surface area (Å²) in [4.78, 5) is 10.4. The van der Waals surface area contributed by atoms with Crippen LogP contribution >= 0.6 is 0 Å². The Morgan fingerprint density at radius 2 is 2.14 bits per heavy atom. The monoisotopic (exact) mass is 186 g/mol. The highest BCUT2D eigenvalue weighted by molar-refractivity contribution is 5.86. The van der Waals surface area contributed by atoms with Gasteiger partial charge in [0.15, 0.2) is 0 Å². The fourth-order valence-electron chi connectivity index (χ4n) is 1.33. The number of hydrogen-bond donors (Lipinski definition) is 0. The number of benzene rings is 1. The molecule has 0 N–H and O–H groups in total. The quantitative estimate of drug-likeness (QED) is 0.402. The van der Waals surface area contributed by atoms with Gasteiger partial charge in [-0.2, -0.15) is 0 Å². The minimum Gasteiger partial charge on any atom is -0.299 e. The molecule has 0 aliphatic carbocycles. The number of carbonyl (C=O) groups is 1. The molecule has 0 aliphatic rings. The highest BCUT2D eigenvalue weighted by Crippen LogP contribution is 2.16. The van der Waals surface area contributed by atoms with Crippen molar-refractivity contribution in [2.75, 3.05) is 0 Å². The molecule has 1 aromatic carbocycles. The fourth-order valence-corrected chi connectivity index (χ4v) is 1.33. The second-order valence-corrected chi connectivity index (χ2v) is 3.13. The molecule has 0 bridgehead atoms. The van der Waals surface area contributed by atoms with E-state index in [-0.39, 0.29) is 0 Å². The molecule has 0 unspecified atom stereocenters. The Bertz CT molecular complexity index is 373. The number of hydrogen-bond acceptors (Lipinski definition) is 1. The molecular formula is C13H14O. The van der Waals surface area contributed by atoms with Gasteiger partial charge in [-0.05, 0) is 31.1 Å². The van der Waals surface area contributed by atoms with Crippen LogP contribution in [-0.4, -0.2) is 6.29 Å². The predicted octanol–water partition coefficient (Wildman–Crippen LogP) is 3.15. The fraction of sp³-hybridized carbons (Fsp3) is 0.154. The second kappa shape index (κ2) is 5.18. The molecule has 14 heavy (non-hydrogen) atoms. The smallest absolute Gasteiger partial charge is 0.143 e. The van der Waals surface area contributed by atoms with Crippen molar-refractivity contribution in [3.05, 3.63) is 53.6 Å². The zero-order valence-electron chi connectivity index (χ0n) is 8.53. The average Bonchev–Trinajstić information content (AvgIpc) is 2.17. The number of rotatable bonds is 3. The van der Waals surface area contributed by atoms with E-state index < -0.39 is 0 Å². The van der Waals surface area contributed by atoms with Crippen molar-refractivity contribution in [3.8, 4) is 0 Å². The first-order valence-corrected chi connectivity index (χ1v) is 4.63. The summed E-state index contributed by atoms with van der Waals surface area (Å²) >= 11 is 0. The number of aldehydes is 1. The van der Waals surface area contributed by atoms with Gasteiger partial charge >= 0.3 is 0 Å². The summed E-state index contributed by atoms with van der Waals surface area (Å²) < 4.78 is 0. The maximum absolute atomic E-state index is 10.4. The predicted molar refractivity (Wildman–Crippen MR) is 60.0 cm³/mol. The van der Waals surface area contributed by atoms with Crippen LogP contribution in [0.4, 0.5) is 0 Å². The van der Waals surface area contributed by atoms with Crippen LogP contribution in [0.3, 0.4) is 0 Å². The summed E-state index contributed by atoms with van der Waals surface area (Å²) in [6.45, 7) is 3.98. The van der Waals surface area contributed by atoms with E-state index in [0.717, 1.165) is 17.4 Å². The van der Waals surface area contributed by atoms with Crippen LogP contribution in [-0.2, 0) is 4.79 Å². The highest BCUT2D eigenvalue weighted by Gasteiger charge is 1.96. The molecule has 1 heteroatoms. The molecule has 0 aliphatic heterocycles. The lowest BCUT2D eigenvalue weighted by Crippen LogP contribution is -1.83. The maximum Gasteiger partial charge on any atom is 0.143 e. The zero-order valence-corrected chi connectivity index (χ0v) is 8.53. The third-order valence-electron chi connectivity index (χ3n) is 1.95. The van der Waals surface area contributed by atoms with Crippen LogP contribution in [0.15, 0.2) is 42.5 Å². The van der Waals surface area contributed by atoms with Gasteiger partial charge in [0.1, 0.15) is 6.29 Å². The van der Waals surface area contributed by atoms with Gasteiger partial charge in [-0.25, -0.2) is 0 Å². The normalized spacial score (nSPS) is 12.0. The minimum absolute atomic E-state index is 0.817. The Morgan fingerprint density at radius 3 is 2.71 bits per heavy atom. The SMILES string of the molecule is C/C=C/C(=C/C=O)c1cccc(C)c1. The van der Waals surface area contributed by atoms with Crippen molar-refractivity contribution in [1.82, 2.24) is 0 Å². The summed E-state index contributed by atoms with van der Waals surface area (Å²) in [6, 6.07) is 8.10. The van der Waals surface area contributed by atoms with Crippen LogP contribution in [0.5, 0.6) is 0 Å². The van der Waals surface area contributed by atoms with Crippen molar-refractivity contribution in [2.24, 2.45) is 0 Å². The van der Waals surface area contributed by atoms with E-state index in [4.69, 9.17) is 0 Å². The van der Waals surface area contributed by atoms with Crippen LogP contribution in [0, 0.1) is 6.92 Å². The molecule has 0 saturated heterocycles. The van der Waals surface area contributed by atoms with Gasteiger partial charge < -0.3 is 0 Å². The minimum atomic E-state index is 0.817. The van der Waals surface area contributed by atoms with Gasteiger partial charge in [-0.3, -0.25) is 4.79 Å². The molecule has 0 spiro atoms. The summed E-state index contributed by atoms with van der Waals surface area (Å²) in [6.07, 6.45) is 6.26. The van der Waals surface area contributed by atoms with Crippen molar-refractivity contribution < 1.29 is 4.79 Å². The molecule has 0 aromatic heterocycles. The van der Waals surface area contributed by atoms with Gasteiger partial charge in [0.05, 0.1) is 0 Å². The standard InChI is InChI=1S/C13H14O/c1-3-5-12(8-9-14)13-7-4-6-11(2)10-13/h3-10H,1-2H3/b5-3+,12-8-. The van der Waals surface area contributed by atoms with Crippen LogP contribution in [0.2, 0.25) is 0 Å². The van der Waals surface area contributed by atoms with Crippen molar-refractivity contribution in [1.29, 1.82) is 0 Å². The lowest BCUT2D eigenvalue weighted by Gasteiger charge is -2.02. The summed E-state index contributed by atoms with van der Waals surface area (Å²) in [7, 11) is 0. The van der Waals surface area contributed by atoms with Gasteiger partial charge in [0, 0.05) is 0 Å². The van der Waals surface area contributed by atoms with Crippen molar-refractivity contribution >= 4 is 11.9 Å². The van der Waals surface area contributed by atoms with Gasteiger partial charge in [-0.1, -0.05) is 42.0 Å². The number of carbonyl (C=O) groups excluding carboxylic acids is 1. The number of aryl methyl sites for hydroxylation is 1. The van der Waals surface area contributed by atoms with Crippen molar-refractivity contribution in [3.63, 3.8) is 0 Å². The molecular weight excluding hydrogens is 172 g/mol. The first-order valence-electron chi connectivity index (χ1n) is 4.63. The third-order valence-corrected chi connectivity index (χ3v) is 1.95. The largest absolute Gasteiger partial charge is 0.299 e. The average molecular weight is 186 g/mol. The third kappa shape index (κ3) is 2.70. The Kier molecular flexibility index (Phi) is 3.86. The molecule has 1 nitrogen and oxygen atoms in total. The summed E-state index contributed by atoms with van der Waals surface area (Å²) in [5, 5.41) is 0. The van der Waals surface area contributed by atoms with Crippen molar-refractivity contribution in [2.45, 2.75) is 13.8 Å². The molecule has 0 amide bonds. The van der Waals surface area contributed by atoms with E-state index in [0.29, 0.717) is 0 Å². The molecule has 0 atom stereocenters. The van der Waals surface area contributed by atoms with Crippen LogP contribution in [0.25, 0.3) is 5.57 Å². The van der Waals surface area contributed by atoms with E-state index in [2.05, 4.69) is 6.07 Å². The molecule has 0 heterocycles. The topological polar surface area (TPSA) is 17.1 Å².